The van der Waals surface area contributed by atoms with Gasteiger partial charge in [-0.3, -0.25) is 4.79 Å². The van der Waals surface area contributed by atoms with Crippen LogP contribution in [0.25, 0.3) is 0 Å². The summed E-state index contributed by atoms with van der Waals surface area (Å²) in [6.45, 7) is 5.21. The van der Waals surface area contributed by atoms with Crippen molar-refractivity contribution in [1.82, 2.24) is 9.21 Å². The van der Waals surface area contributed by atoms with Gasteiger partial charge in [0.15, 0.2) is 0 Å². The number of halogens is 1. The molecule has 1 amide bonds. The first kappa shape index (κ1) is 19.1. The highest BCUT2D eigenvalue weighted by Gasteiger charge is 2.31. The average molecular weight is 437 g/mol. The number of carbonyl (C=O) groups excluding carboxylic acids is 1. The standard InChI is InChI=1S/C19H21BrN2O3S/c1-14-7-8-16(13-15(14)2)26(24,25)22-11-9-21(10-12-22)19(23)17-5-3-4-6-18(17)20/h3-8,13H,9-12H2,1-2H3. The second kappa shape index (κ2) is 7.50. The van der Waals surface area contributed by atoms with Crippen LogP contribution in [0, 0.1) is 13.8 Å². The van der Waals surface area contributed by atoms with Gasteiger partial charge in [0.2, 0.25) is 10.0 Å². The summed E-state index contributed by atoms with van der Waals surface area (Å²) in [5.41, 5.74) is 2.61. The Morgan fingerprint density at radius 1 is 0.962 bits per heavy atom. The largest absolute Gasteiger partial charge is 0.336 e. The summed E-state index contributed by atoms with van der Waals surface area (Å²) >= 11 is 3.40. The van der Waals surface area contributed by atoms with Gasteiger partial charge in [0.1, 0.15) is 0 Å². The maximum Gasteiger partial charge on any atom is 0.255 e. The molecule has 1 aliphatic heterocycles. The van der Waals surface area contributed by atoms with Gasteiger partial charge in [-0.25, -0.2) is 8.42 Å². The number of carbonyl (C=O) groups is 1. The van der Waals surface area contributed by atoms with Crippen LogP contribution in [-0.4, -0.2) is 49.7 Å². The smallest absolute Gasteiger partial charge is 0.255 e. The van der Waals surface area contributed by atoms with Gasteiger partial charge >= 0.3 is 0 Å². The maximum atomic E-state index is 12.9. The number of aryl methyl sites for hydroxylation is 2. The molecular formula is C19H21BrN2O3S. The van der Waals surface area contributed by atoms with Crippen LogP contribution in [-0.2, 0) is 10.0 Å². The van der Waals surface area contributed by atoms with Gasteiger partial charge in [-0.1, -0.05) is 18.2 Å². The van der Waals surface area contributed by atoms with Gasteiger partial charge in [0, 0.05) is 30.7 Å². The van der Waals surface area contributed by atoms with Crippen LogP contribution in [0.3, 0.4) is 0 Å². The minimum Gasteiger partial charge on any atom is -0.336 e. The fourth-order valence-corrected chi connectivity index (χ4v) is 4.92. The van der Waals surface area contributed by atoms with E-state index in [1.54, 1.807) is 23.1 Å². The Bertz CT molecular complexity index is 936. The summed E-state index contributed by atoms with van der Waals surface area (Å²) in [4.78, 5) is 14.7. The lowest BCUT2D eigenvalue weighted by Crippen LogP contribution is -2.50. The fourth-order valence-electron chi connectivity index (χ4n) is 2.96. The van der Waals surface area contributed by atoms with E-state index in [0.717, 1.165) is 15.6 Å². The maximum absolute atomic E-state index is 12.9. The molecule has 5 nitrogen and oxygen atoms in total. The van der Waals surface area contributed by atoms with E-state index in [4.69, 9.17) is 0 Å². The van der Waals surface area contributed by atoms with E-state index in [2.05, 4.69) is 15.9 Å². The molecule has 2 aromatic carbocycles. The number of piperazine rings is 1. The van der Waals surface area contributed by atoms with Crippen molar-refractivity contribution in [3.63, 3.8) is 0 Å². The van der Waals surface area contributed by atoms with E-state index in [1.807, 2.05) is 38.1 Å². The molecule has 0 aliphatic carbocycles. The Morgan fingerprint density at radius 2 is 1.62 bits per heavy atom. The van der Waals surface area contributed by atoms with Crippen LogP contribution in [0.2, 0.25) is 0 Å². The zero-order valence-electron chi connectivity index (χ0n) is 14.8. The molecule has 2 aromatic rings. The van der Waals surface area contributed by atoms with E-state index in [0.29, 0.717) is 36.6 Å². The molecule has 3 rings (SSSR count). The number of hydrogen-bond donors (Lipinski definition) is 0. The Hall–Kier alpha value is -1.70. The third-order valence-corrected chi connectivity index (χ3v) is 7.33. The molecule has 1 aliphatic rings. The number of sulfonamides is 1. The molecule has 1 heterocycles. The molecule has 26 heavy (non-hydrogen) atoms. The number of rotatable bonds is 3. The third-order valence-electron chi connectivity index (χ3n) is 4.75. The summed E-state index contributed by atoms with van der Waals surface area (Å²) in [7, 11) is -3.54. The van der Waals surface area contributed by atoms with E-state index in [9.17, 15) is 13.2 Å². The Kier molecular flexibility index (Phi) is 5.50. The molecule has 0 atom stereocenters. The molecule has 0 bridgehead atoms. The minimum absolute atomic E-state index is 0.0827. The highest BCUT2D eigenvalue weighted by Crippen LogP contribution is 2.22. The lowest BCUT2D eigenvalue weighted by atomic mass is 10.1. The zero-order valence-corrected chi connectivity index (χ0v) is 17.2. The van der Waals surface area contributed by atoms with Crippen LogP contribution in [0.15, 0.2) is 51.8 Å². The molecule has 138 valence electrons. The monoisotopic (exact) mass is 436 g/mol. The van der Waals surface area contributed by atoms with Crippen LogP contribution >= 0.6 is 15.9 Å². The Morgan fingerprint density at radius 3 is 2.23 bits per heavy atom. The zero-order chi connectivity index (χ0) is 18.9. The van der Waals surface area contributed by atoms with E-state index in [-0.39, 0.29) is 5.91 Å². The summed E-state index contributed by atoms with van der Waals surface area (Å²) in [6.07, 6.45) is 0. The topological polar surface area (TPSA) is 57.7 Å². The number of hydrogen-bond acceptors (Lipinski definition) is 3. The van der Waals surface area contributed by atoms with Crippen LogP contribution < -0.4 is 0 Å². The van der Waals surface area contributed by atoms with Crippen molar-refractivity contribution in [2.75, 3.05) is 26.2 Å². The predicted octanol–water partition coefficient (Wildman–Crippen LogP) is 3.21. The van der Waals surface area contributed by atoms with Gasteiger partial charge in [-0.2, -0.15) is 4.31 Å². The van der Waals surface area contributed by atoms with Gasteiger partial charge in [0.05, 0.1) is 10.5 Å². The normalized spacial score (nSPS) is 15.9. The average Bonchev–Trinajstić information content (AvgIpc) is 2.64. The molecule has 7 heteroatoms. The van der Waals surface area contributed by atoms with Crippen molar-refractivity contribution in [3.8, 4) is 0 Å². The quantitative estimate of drug-likeness (QED) is 0.741. The second-order valence-electron chi connectivity index (χ2n) is 6.42. The molecule has 0 spiro atoms. The number of benzene rings is 2. The summed E-state index contributed by atoms with van der Waals surface area (Å²) in [5, 5.41) is 0. The highest BCUT2D eigenvalue weighted by molar-refractivity contribution is 9.10. The summed E-state index contributed by atoms with van der Waals surface area (Å²) < 4.78 is 27.9. The van der Waals surface area contributed by atoms with Gasteiger partial charge in [0.25, 0.3) is 5.91 Å². The van der Waals surface area contributed by atoms with Crippen molar-refractivity contribution >= 4 is 31.9 Å². The molecule has 0 radical (unpaired) electrons. The molecule has 1 fully saturated rings. The lowest BCUT2D eigenvalue weighted by molar-refractivity contribution is 0.0697. The van der Waals surface area contributed by atoms with Gasteiger partial charge < -0.3 is 4.90 Å². The molecule has 0 aromatic heterocycles. The first-order valence-electron chi connectivity index (χ1n) is 8.42. The first-order chi connectivity index (χ1) is 12.3. The second-order valence-corrected chi connectivity index (χ2v) is 9.21. The summed E-state index contributed by atoms with van der Waals surface area (Å²) in [5.74, 6) is -0.0827. The van der Waals surface area contributed by atoms with Crippen molar-refractivity contribution in [1.29, 1.82) is 0 Å². The minimum atomic E-state index is -3.54. The molecular weight excluding hydrogens is 416 g/mol. The number of amides is 1. The van der Waals surface area contributed by atoms with Gasteiger partial charge in [-0.15, -0.1) is 0 Å². The van der Waals surface area contributed by atoms with Crippen LogP contribution in [0.5, 0.6) is 0 Å². The van der Waals surface area contributed by atoms with E-state index in [1.165, 1.54) is 4.31 Å². The predicted molar refractivity (Wildman–Crippen MR) is 105 cm³/mol. The van der Waals surface area contributed by atoms with Gasteiger partial charge in [-0.05, 0) is 65.2 Å². The Balaban J connectivity index is 1.72. The Labute approximate surface area is 162 Å². The molecule has 1 saturated heterocycles. The highest BCUT2D eigenvalue weighted by atomic mass is 79.9. The van der Waals surface area contributed by atoms with Crippen LogP contribution in [0.1, 0.15) is 21.5 Å². The van der Waals surface area contributed by atoms with Crippen LogP contribution in [0.4, 0.5) is 0 Å². The third kappa shape index (κ3) is 3.70. The fraction of sp³-hybridized carbons (Fsp3) is 0.316. The summed E-state index contributed by atoms with van der Waals surface area (Å²) in [6, 6.07) is 12.5. The van der Waals surface area contributed by atoms with Crippen molar-refractivity contribution in [3.05, 3.63) is 63.6 Å². The van der Waals surface area contributed by atoms with Crippen molar-refractivity contribution in [2.24, 2.45) is 0 Å². The molecule has 0 N–H and O–H groups in total. The van der Waals surface area contributed by atoms with E-state index >= 15 is 0 Å². The first-order valence-corrected chi connectivity index (χ1v) is 10.7. The SMILES string of the molecule is Cc1ccc(S(=O)(=O)N2CCN(C(=O)c3ccccc3Br)CC2)cc1C. The lowest BCUT2D eigenvalue weighted by Gasteiger charge is -2.34. The number of nitrogens with zero attached hydrogens (tertiary/aromatic N) is 2. The molecule has 0 saturated carbocycles. The van der Waals surface area contributed by atoms with Crippen molar-refractivity contribution in [2.45, 2.75) is 18.7 Å². The van der Waals surface area contributed by atoms with Crippen molar-refractivity contribution < 1.29 is 13.2 Å². The van der Waals surface area contributed by atoms with E-state index < -0.39 is 10.0 Å². The molecule has 0 unspecified atom stereocenters.